The van der Waals surface area contributed by atoms with Gasteiger partial charge in [0, 0.05) is 5.41 Å². The van der Waals surface area contributed by atoms with Gasteiger partial charge in [-0.05, 0) is 40.3 Å². The monoisotopic (exact) mass is 589 g/mol. The topological polar surface area (TPSA) is 0 Å². The summed E-state index contributed by atoms with van der Waals surface area (Å²) in [7, 11) is 12.6. The second-order valence-electron chi connectivity index (χ2n) is 10.2. The van der Waals surface area contributed by atoms with Crippen LogP contribution in [0.15, 0.2) is 121 Å². The highest BCUT2D eigenvalue weighted by Gasteiger charge is 2.35. The Kier molecular flexibility index (Phi) is 25.9. The average molecular weight is 589 g/mol. The molecular weight excluding hydrogens is 526 g/mol. The molecule has 44 heavy (non-hydrogen) atoms. The molecule has 4 rings (SSSR count). The van der Waals surface area contributed by atoms with Gasteiger partial charge in [0.2, 0.25) is 0 Å². The van der Waals surface area contributed by atoms with Gasteiger partial charge in [0.05, 0.1) is 15.7 Å². The van der Waals surface area contributed by atoms with Crippen LogP contribution in [0, 0.1) is 11.8 Å². The van der Waals surface area contributed by atoms with Crippen LogP contribution in [0.3, 0.4) is 0 Å². The molecule has 236 valence electrons. The molecule has 0 heterocycles. The molecule has 0 fully saturated rings. The van der Waals surface area contributed by atoms with Crippen LogP contribution in [-0.4, -0.2) is 15.7 Å². The van der Waals surface area contributed by atoms with Gasteiger partial charge in [-0.3, -0.25) is 0 Å². The van der Waals surface area contributed by atoms with Gasteiger partial charge in [-0.1, -0.05) is 216 Å². The minimum absolute atomic E-state index is 0.0496. The predicted molar refractivity (Wildman–Crippen MR) is 203 cm³/mol. The van der Waals surface area contributed by atoms with Gasteiger partial charge < -0.3 is 0 Å². The molecule has 0 N–H and O–H groups in total. The van der Waals surface area contributed by atoms with E-state index in [0.29, 0.717) is 24.1 Å². The number of rotatable bonds is 8. The van der Waals surface area contributed by atoms with Gasteiger partial charge in [0.1, 0.15) is 0 Å². The van der Waals surface area contributed by atoms with Crippen molar-refractivity contribution in [1.82, 2.24) is 0 Å². The van der Waals surface area contributed by atoms with E-state index in [1.165, 1.54) is 22.3 Å². The zero-order valence-corrected chi connectivity index (χ0v) is 30.2. The molecule has 0 nitrogen and oxygen atoms in total. The van der Waals surface area contributed by atoms with E-state index < -0.39 is 0 Å². The lowest BCUT2D eigenvalue weighted by molar-refractivity contribution is 0.405. The van der Waals surface area contributed by atoms with E-state index in [-0.39, 0.29) is 11.2 Å². The summed E-state index contributed by atoms with van der Waals surface area (Å²) >= 11 is 0. The average Bonchev–Trinajstić information content (AvgIpc) is 3.11. The summed E-state index contributed by atoms with van der Waals surface area (Å²) in [6.07, 6.45) is 0.624. The second-order valence-corrected chi connectivity index (χ2v) is 10.2. The first-order valence-electron chi connectivity index (χ1n) is 17.1. The maximum absolute atomic E-state index is 6.47. The third kappa shape index (κ3) is 12.9. The van der Waals surface area contributed by atoms with Crippen LogP contribution >= 0.6 is 0 Å². The van der Waals surface area contributed by atoms with Gasteiger partial charge >= 0.3 is 0 Å². The van der Waals surface area contributed by atoms with Crippen molar-refractivity contribution in [3.05, 3.63) is 144 Å². The van der Waals surface area contributed by atoms with Crippen molar-refractivity contribution < 1.29 is 0 Å². The van der Waals surface area contributed by atoms with E-state index in [1.54, 1.807) is 0 Å². The summed E-state index contributed by atoms with van der Waals surface area (Å²) in [5.74, 6) is 1.37. The van der Waals surface area contributed by atoms with Gasteiger partial charge in [0.15, 0.2) is 0 Å². The molecule has 0 aliphatic heterocycles. The molecule has 2 unspecified atom stereocenters. The van der Waals surface area contributed by atoms with Gasteiger partial charge in [0.25, 0.3) is 0 Å². The standard InChI is InChI=1S/2C17H19B.4C2H6/c1-14(2)17(13-18,15-9-5-3-6-10-15)16-11-7-4-8-12-16;1-13(2)16(14-9-5-3-6-10-14)17(18)15-11-7-4-8-12-15;4*1-2/h3-12,14H,13H2,1-2H3;3-13,16-17H,1-2H3;4*1-2H3. The van der Waals surface area contributed by atoms with Crippen LogP contribution < -0.4 is 0 Å². The molecule has 0 aliphatic rings. The molecule has 0 aliphatic carbocycles. The van der Waals surface area contributed by atoms with Crippen LogP contribution in [-0.2, 0) is 5.41 Å². The highest BCUT2D eigenvalue weighted by Crippen LogP contribution is 2.42. The zero-order valence-electron chi connectivity index (χ0n) is 30.2. The van der Waals surface area contributed by atoms with E-state index in [1.807, 2.05) is 61.5 Å². The summed E-state index contributed by atoms with van der Waals surface area (Å²) in [6, 6.07) is 42.1. The fourth-order valence-electron chi connectivity index (χ4n) is 5.34. The van der Waals surface area contributed by atoms with E-state index in [0.717, 1.165) is 0 Å². The number of hydrogen-bond acceptors (Lipinski definition) is 0. The molecule has 0 saturated heterocycles. The summed E-state index contributed by atoms with van der Waals surface area (Å²) in [5.41, 5.74) is 5.04. The Labute approximate surface area is 277 Å². The fraction of sp³-hybridized carbons (Fsp3) is 0.429. The second kappa shape index (κ2) is 26.4. The van der Waals surface area contributed by atoms with Crippen molar-refractivity contribution in [1.29, 1.82) is 0 Å². The minimum Gasteiger partial charge on any atom is -0.0749 e. The van der Waals surface area contributed by atoms with Crippen LogP contribution in [0.4, 0.5) is 0 Å². The van der Waals surface area contributed by atoms with Crippen molar-refractivity contribution in [2.24, 2.45) is 11.8 Å². The first kappa shape index (κ1) is 43.1. The molecule has 2 heteroatoms. The van der Waals surface area contributed by atoms with Crippen LogP contribution in [0.2, 0.25) is 6.32 Å². The number of benzene rings is 4. The van der Waals surface area contributed by atoms with Crippen molar-refractivity contribution in [3.63, 3.8) is 0 Å². The molecule has 4 aromatic rings. The summed E-state index contributed by atoms with van der Waals surface area (Å²) in [6.45, 7) is 25.0. The van der Waals surface area contributed by atoms with Crippen LogP contribution in [0.25, 0.3) is 0 Å². The molecule has 4 radical (unpaired) electrons. The van der Waals surface area contributed by atoms with Gasteiger partial charge in [-0.15, -0.1) is 0 Å². The maximum atomic E-state index is 6.47. The molecule has 0 bridgehead atoms. The van der Waals surface area contributed by atoms with Crippen molar-refractivity contribution in [3.8, 4) is 0 Å². The first-order valence-corrected chi connectivity index (χ1v) is 17.1. The Morgan fingerprint density at radius 3 is 1.05 bits per heavy atom. The van der Waals surface area contributed by atoms with Crippen LogP contribution in [0.5, 0.6) is 0 Å². The van der Waals surface area contributed by atoms with E-state index >= 15 is 0 Å². The zero-order chi connectivity index (χ0) is 34.0. The lowest BCUT2D eigenvalue weighted by Gasteiger charge is -2.38. The smallest absolute Gasteiger partial charge is 0.0749 e. The predicted octanol–water partition coefficient (Wildman–Crippen LogP) is 12.7. The lowest BCUT2D eigenvalue weighted by atomic mass is 9.61. The molecule has 2 atom stereocenters. The maximum Gasteiger partial charge on any atom is 0.0772 e. The third-order valence-corrected chi connectivity index (χ3v) is 7.36. The third-order valence-electron chi connectivity index (χ3n) is 7.36. The quantitative estimate of drug-likeness (QED) is 0.180. The van der Waals surface area contributed by atoms with Crippen molar-refractivity contribution in [2.75, 3.05) is 0 Å². The molecule has 0 amide bonds. The largest absolute Gasteiger partial charge is 0.0772 e. The summed E-state index contributed by atoms with van der Waals surface area (Å²) in [5, 5.41) is 0. The Morgan fingerprint density at radius 1 is 0.477 bits per heavy atom. The number of hydrogen-bond donors (Lipinski definition) is 0. The van der Waals surface area contributed by atoms with Gasteiger partial charge in [-0.25, -0.2) is 0 Å². The van der Waals surface area contributed by atoms with E-state index in [9.17, 15) is 0 Å². The molecule has 0 saturated carbocycles. The van der Waals surface area contributed by atoms with E-state index in [4.69, 9.17) is 15.7 Å². The first-order chi connectivity index (χ1) is 21.4. The summed E-state index contributed by atoms with van der Waals surface area (Å²) < 4.78 is 0. The summed E-state index contributed by atoms with van der Waals surface area (Å²) in [4.78, 5) is 0. The van der Waals surface area contributed by atoms with Gasteiger partial charge in [-0.2, -0.15) is 0 Å². The minimum atomic E-state index is -0.0947. The molecule has 0 spiro atoms. The Hall–Kier alpha value is -2.99. The SMILES string of the molecule is CC.CC.CC.CC.[B]C(c1ccccc1)C(c1ccccc1)C(C)C.[B]CC(c1ccccc1)(c1ccccc1)C(C)C. The Balaban J connectivity index is 0. The Bertz CT molecular complexity index is 1080. The normalized spacial score (nSPS) is 11.2. The van der Waals surface area contributed by atoms with Crippen molar-refractivity contribution >= 4 is 15.7 Å². The van der Waals surface area contributed by atoms with Crippen LogP contribution in [0.1, 0.15) is 117 Å². The fourth-order valence-corrected chi connectivity index (χ4v) is 5.34. The molecule has 0 aromatic heterocycles. The highest BCUT2D eigenvalue weighted by atomic mass is 14.4. The molecular formula is C42H62B2. The highest BCUT2D eigenvalue weighted by molar-refractivity contribution is 6.13. The lowest BCUT2D eigenvalue weighted by Crippen LogP contribution is -2.33. The molecule has 4 aromatic carbocycles. The Morgan fingerprint density at radius 2 is 0.773 bits per heavy atom. The van der Waals surface area contributed by atoms with Crippen molar-refractivity contribution in [2.45, 2.75) is 107 Å². The van der Waals surface area contributed by atoms with E-state index in [2.05, 4.69) is 143 Å².